The standard InChI is InChI=1S/C18H25FN2O2/c1-13(22)14-5-6-16(15(19)11-14)20-7-9-21(10-8-20)17(23)12-18(2,3)4/h5-6,11H,7-10,12H2,1-4H3. The first-order valence-electron chi connectivity index (χ1n) is 8.00. The van der Waals surface area contributed by atoms with Crippen molar-refractivity contribution in [3.05, 3.63) is 29.6 Å². The zero-order valence-corrected chi connectivity index (χ0v) is 14.4. The molecule has 126 valence electrons. The van der Waals surface area contributed by atoms with E-state index >= 15 is 0 Å². The van der Waals surface area contributed by atoms with Crippen molar-refractivity contribution >= 4 is 17.4 Å². The Balaban J connectivity index is 1.99. The van der Waals surface area contributed by atoms with E-state index < -0.39 is 0 Å². The van der Waals surface area contributed by atoms with E-state index in [-0.39, 0.29) is 22.9 Å². The molecule has 1 aliphatic heterocycles. The highest BCUT2D eigenvalue weighted by Crippen LogP contribution is 2.24. The lowest BCUT2D eigenvalue weighted by Gasteiger charge is -2.37. The van der Waals surface area contributed by atoms with Crippen LogP contribution in [0.15, 0.2) is 18.2 Å². The highest BCUT2D eigenvalue weighted by Gasteiger charge is 2.25. The molecule has 0 aromatic heterocycles. The summed E-state index contributed by atoms with van der Waals surface area (Å²) in [5, 5.41) is 0. The number of hydrogen-bond donors (Lipinski definition) is 0. The molecule has 5 heteroatoms. The summed E-state index contributed by atoms with van der Waals surface area (Å²) in [6, 6.07) is 4.59. The van der Waals surface area contributed by atoms with Crippen LogP contribution in [0, 0.1) is 11.2 Å². The predicted octanol–water partition coefficient (Wildman–Crippen LogP) is 3.11. The van der Waals surface area contributed by atoms with Crippen molar-refractivity contribution < 1.29 is 14.0 Å². The van der Waals surface area contributed by atoms with Gasteiger partial charge in [-0.3, -0.25) is 9.59 Å². The molecule has 0 radical (unpaired) electrons. The maximum atomic E-state index is 14.2. The van der Waals surface area contributed by atoms with E-state index in [2.05, 4.69) is 0 Å². The minimum atomic E-state index is -0.382. The summed E-state index contributed by atoms with van der Waals surface area (Å²) in [7, 11) is 0. The lowest BCUT2D eigenvalue weighted by molar-refractivity contribution is -0.133. The molecule has 1 aromatic rings. The van der Waals surface area contributed by atoms with Crippen LogP contribution in [0.2, 0.25) is 0 Å². The van der Waals surface area contributed by atoms with Crippen molar-refractivity contribution in [1.29, 1.82) is 0 Å². The van der Waals surface area contributed by atoms with Crippen LogP contribution in [-0.4, -0.2) is 42.8 Å². The molecule has 0 atom stereocenters. The molecular weight excluding hydrogens is 295 g/mol. The van der Waals surface area contributed by atoms with Gasteiger partial charge in [-0.05, 0) is 30.5 Å². The summed E-state index contributed by atoms with van der Waals surface area (Å²) < 4.78 is 14.2. The lowest BCUT2D eigenvalue weighted by atomic mass is 9.91. The van der Waals surface area contributed by atoms with E-state index in [0.29, 0.717) is 43.9 Å². The van der Waals surface area contributed by atoms with Gasteiger partial charge < -0.3 is 9.80 Å². The van der Waals surface area contributed by atoms with Crippen molar-refractivity contribution in [3.8, 4) is 0 Å². The van der Waals surface area contributed by atoms with Crippen LogP contribution in [0.1, 0.15) is 44.5 Å². The first kappa shape index (κ1) is 17.4. The molecule has 0 saturated carbocycles. The highest BCUT2D eigenvalue weighted by molar-refractivity contribution is 5.94. The molecule has 0 N–H and O–H groups in total. The monoisotopic (exact) mass is 320 g/mol. The van der Waals surface area contributed by atoms with E-state index in [1.54, 1.807) is 12.1 Å². The number of benzene rings is 1. The summed E-state index contributed by atoms with van der Waals surface area (Å²) in [5.41, 5.74) is 0.853. The molecule has 2 rings (SSSR count). The third-order valence-electron chi connectivity index (χ3n) is 4.01. The number of anilines is 1. The molecule has 1 heterocycles. The van der Waals surface area contributed by atoms with E-state index in [0.717, 1.165) is 0 Å². The number of rotatable bonds is 3. The van der Waals surface area contributed by atoms with Gasteiger partial charge in [-0.1, -0.05) is 20.8 Å². The summed E-state index contributed by atoms with van der Waals surface area (Å²) in [4.78, 5) is 27.3. The van der Waals surface area contributed by atoms with E-state index in [1.807, 2.05) is 30.6 Å². The third-order valence-corrected chi connectivity index (χ3v) is 4.01. The number of piperazine rings is 1. The van der Waals surface area contributed by atoms with Gasteiger partial charge in [0.15, 0.2) is 5.78 Å². The quantitative estimate of drug-likeness (QED) is 0.804. The molecule has 23 heavy (non-hydrogen) atoms. The van der Waals surface area contributed by atoms with Crippen LogP contribution in [0.3, 0.4) is 0 Å². The number of Topliss-reactive ketones (excluding diaryl/α,β-unsaturated/α-hetero) is 1. The van der Waals surface area contributed by atoms with Gasteiger partial charge in [0.05, 0.1) is 5.69 Å². The minimum absolute atomic E-state index is 0.0250. The molecule has 4 nitrogen and oxygen atoms in total. The van der Waals surface area contributed by atoms with E-state index in [9.17, 15) is 14.0 Å². The topological polar surface area (TPSA) is 40.6 Å². The molecule has 1 aliphatic rings. The number of ketones is 1. The number of halogens is 1. The normalized spacial score (nSPS) is 15.7. The minimum Gasteiger partial charge on any atom is -0.366 e. The Kier molecular flexibility index (Phi) is 5.07. The van der Waals surface area contributed by atoms with Crippen LogP contribution in [-0.2, 0) is 4.79 Å². The molecule has 1 fully saturated rings. The van der Waals surface area contributed by atoms with Crippen LogP contribution >= 0.6 is 0 Å². The van der Waals surface area contributed by atoms with Crippen molar-refractivity contribution in [2.75, 3.05) is 31.1 Å². The Hall–Kier alpha value is -1.91. The molecule has 0 spiro atoms. The van der Waals surface area contributed by atoms with Crippen molar-refractivity contribution in [1.82, 2.24) is 4.90 Å². The van der Waals surface area contributed by atoms with E-state index in [1.165, 1.54) is 13.0 Å². The second kappa shape index (κ2) is 6.69. The van der Waals surface area contributed by atoms with Crippen LogP contribution in [0.4, 0.5) is 10.1 Å². The van der Waals surface area contributed by atoms with Crippen molar-refractivity contribution in [3.63, 3.8) is 0 Å². The Labute approximate surface area is 137 Å². The molecule has 1 amide bonds. The molecule has 1 aromatic carbocycles. The van der Waals surface area contributed by atoms with Gasteiger partial charge in [0.1, 0.15) is 5.82 Å². The van der Waals surface area contributed by atoms with Gasteiger partial charge in [-0.15, -0.1) is 0 Å². The van der Waals surface area contributed by atoms with E-state index in [4.69, 9.17) is 0 Å². The van der Waals surface area contributed by atoms with Gasteiger partial charge >= 0.3 is 0 Å². The summed E-state index contributed by atoms with van der Waals surface area (Å²) in [6.07, 6.45) is 0.522. The van der Waals surface area contributed by atoms with Gasteiger partial charge in [0.2, 0.25) is 5.91 Å². The van der Waals surface area contributed by atoms with Gasteiger partial charge in [0, 0.05) is 38.2 Å². The van der Waals surface area contributed by atoms with Gasteiger partial charge in [-0.2, -0.15) is 0 Å². The Morgan fingerprint density at radius 3 is 2.22 bits per heavy atom. The second-order valence-corrected chi connectivity index (χ2v) is 7.33. The number of nitrogens with zero attached hydrogens (tertiary/aromatic N) is 2. The Morgan fingerprint density at radius 1 is 1.13 bits per heavy atom. The Bertz CT molecular complexity index is 600. The van der Waals surface area contributed by atoms with Crippen molar-refractivity contribution in [2.24, 2.45) is 5.41 Å². The van der Waals surface area contributed by atoms with Crippen LogP contribution < -0.4 is 4.90 Å². The molecule has 0 bridgehead atoms. The fraction of sp³-hybridized carbons (Fsp3) is 0.556. The zero-order chi connectivity index (χ0) is 17.2. The van der Waals surface area contributed by atoms with Gasteiger partial charge in [-0.25, -0.2) is 4.39 Å². The second-order valence-electron chi connectivity index (χ2n) is 7.33. The van der Waals surface area contributed by atoms with Crippen LogP contribution in [0.5, 0.6) is 0 Å². The molecule has 1 saturated heterocycles. The lowest BCUT2D eigenvalue weighted by Crippen LogP contribution is -2.49. The largest absolute Gasteiger partial charge is 0.366 e. The number of carbonyl (C=O) groups is 2. The average molecular weight is 320 g/mol. The first-order chi connectivity index (χ1) is 10.7. The summed E-state index contributed by atoms with van der Waals surface area (Å²) in [6.45, 7) is 9.98. The van der Waals surface area contributed by atoms with Crippen LogP contribution in [0.25, 0.3) is 0 Å². The fourth-order valence-corrected chi connectivity index (χ4v) is 2.74. The molecule has 0 aliphatic carbocycles. The van der Waals surface area contributed by atoms with Crippen molar-refractivity contribution in [2.45, 2.75) is 34.1 Å². The smallest absolute Gasteiger partial charge is 0.223 e. The maximum absolute atomic E-state index is 14.2. The number of amides is 1. The molecular formula is C18H25FN2O2. The highest BCUT2D eigenvalue weighted by atomic mass is 19.1. The summed E-state index contributed by atoms with van der Waals surface area (Å²) >= 11 is 0. The number of hydrogen-bond acceptors (Lipinski definition) is 3. The first-order valence-corrected chi connectivity index (χ1v) is 8.00. The number of carbonyl (C=O) groups excluding carboxylic acids is 2. The fourth-order valence-electron chi connectivity index (χ4n) is 2.74. The predicted molar refractivity (Wildman–Crippen MR) is 89.3 cm³/mol. The van der Waals surface area contributed by atoms with Gasteiger partial charge in [0.25, 0.3) is 0 Å². The third kappa shape index (κ3) is 4.53. The Morgan fingerprint density at radius 2 is 1.74 bits per heavy atom. The average Bonchev–Trinajstić information content (AvgIpc) is 2.45. The molecule has 0 unspecified atom stereocenters. The zero-order valence-electron chi connectivity index (χ0n) is 14.4. The summed E-state index contributed by atoms with van der Waals surface area (Å²) in [5.74, 6) is -0.371. The SMILES string of the molecule is CC(=O)c1ccc(N2CCN(C(=O)CC(C)(C)C)CC2)c(F)c1. The maximum Gasteiger partial charge on any atom is 0.223 e.